The second-order valence-electron chi connectivity index (χ2n) is 7.74. The first-order valence-electron chi connectivity index (χ1n) is 9.79. The first-order chi connectivity index (χ1) is 14.8. The van der Waals surface area contributed by atoms with E-state index in [1.807, 2.05) is 12.1 Å². The van der Waals surface area contributed by atoms with Gasteiger partial charge in [-0.2, -0.15) is 0 Å². The van der Waals surface area contributed by atoms with E-state index in [0.29, 0.717) is 27.9 Å². The quantitative estimate of drug-likeness (QED) is 0.486. The van der Waals surface area contributed by atoms with Crippen molar-refractivity contribution in [3.63, 3.8) is 0 Å². The summed E-state index contributed by atoms with van der Waals surface area (Å²) < 4.78 is 0. The van der Waals surface area contributed by atoms with Crippen LogP contribution in [0, 0.1) is 10.1 Å². The molecule has 3 aromatic rings. The number of likely N-dealkylation sites (N-methyl/N-ethyl adjacent to an activating group) is 2. The number of aromatic nitrogens is 1. The number of aromatic amines is 1. The number of nitro groups is 1. The van der Waals surface area contributed by atoms with Crippen molar-refractivity contribution in [1.82, 2.24) is 14.8 Å². The highest BCUT2D eigenvalue weighted by Crippen LogP contribution is 2.31. The molecule has 0 bridgehead atoms. The van der Waals surface area contributed by atoms with Crippen molar-refractivity contribution < 1.29 is 14.5 Å². The van der Waals surface area contributed by atoms with E-state index in [2.05, 4.69) is 4.98 Å². The van der Waals surface area contributed by atoms with E-state index in [-0.39, 0.29) is 23.9 Å². The molecule has 2 aromatic carbocycles. The topological polar surface area (TPSA) is 99.5 Å². The molecule has 1 aliphatic heterocycles. The van der Waals surface area contributed by atoms with E-state index in [1.54, 1.807) is 44.6 Å². The first-order valence-corrected chi connectivity index (χ1v) is 10.2. The van der Waals surface area contributed by atoms with Crippen molar-refractivity contribution >= 4 is 40.0 Å². The van der Waals surface area contributed by atoms with Crippen LogP contribution in [0.3, 0.4) is 0 Å². The van der Waals surface area contributed by atoms with Crippen LogP contribution in [-0.4, -0.2) is 57.7 Å². The molecule has 160 valence electrons. The smallest absolute Gasteiger partial charge is 0.279 e. The Labute approximate surface area is 183 Å². The van der Waals surface area contributed by atoms with Crippen molar-refractivity contribution in [2.24, 2.45) is 0 Å². The fourth-order valence-corrected chi connectivity index (χ4v) is 4.28. The molecule has 1 aliphatic rings. The summed E-state index contributed by atoms with van der Waals surface area (Å²) in [5.41, 5.74) is 2.13. The fourth-order valence-electron chi connectivity index (χ4n) is 4.16. The Morgan fingerprint density at radius 1 is 1.00 bits per heavy atom. The molecule has 4 rings (SSSR count). The van der Waals surface area contributed by atoms with Gasteiger partial charge in [0.15, 0.2) is 0 Å². The number of nitro benzene ring substituents is 1. The van der Waals surface area contributed by atoms with Crippen molar-refractivity contribution in [1.29, 1.82) is 0 Å². The number of amides is 2. The summed E-state index contributed by atoms with van der Waals surface area (Å²) >= 11 is 5.93. The lowest BCUT2D eigenvalue weighted by molar-refractivity contribution is -0.383. The summed E-state index contributed by atoms with van der Waals surface area (Å²) in [6.45, 7) is 0. The molecule has 0 spiro atoms. The molecular weight excluding hydrogens is 420 g/mol. The number of fused-ring (bicyclic) bond motifs is 1. The van der Waals surface area contributed by atoms with Gasteiger partial charge in [0, 0.05) is 44.2 Å². The number of benzene rings is 2. The van der Waals surface area contributed by atoms with Gasteiger partial charge in [0.2, 0.25) is 11.8 Å². The van der Waals surface area contributed by atoms with Gasteiger partial charge in [0.05, 0.1) is 15.8 Å². The molecular formula is C22H21ClN4O4. The molecule has 8 nitrogen and oxygen atoms in total. The Bertz CT molecular complexity index is 1170. The van der Waals surface area contributed by atoms with Crippen LogP contribution >= 0.6 is 11.6 Å². The van der Waals surface area contributed by atoms with Gasteiger partial charge in [0.25, 0.3) is 5.69 Å². The zero-order valence-electron chi connectivity index (χ0n) is 17.0. The molecule has 2 heterocycles. The zero-order valence-corrected chi connectivity index (χ0v) is 17.8. The molecule has 1 aromatic heterocycles. The molecule has 0 aliphatic carbocycles. The Balaban J connectivity index is 1.61. The zero-order chi connectivity index (χ0) is 22.3. The predicted molar refractivity (Wildman–Crippen MR) is 117 cm³/mol. The van der Waals surface area contributed by atoms with Crippen LogP contribution in [0.15, 0.2) is 48.7 Å². The number of hydrogen-bond acceptors (Lipinski definition) is 4. The van der Waals surface area contributed by atoms with Crippen LogP contribution in [0.4, 0.5) is 5.69 Å². The number of piperazine rings is 1. The maximum absolute atomic E-state index is 13.2. The normalized spacial score (nSPS) is 19.3. The number of nitrogens with zero attached hydrogens (tertiary/aromatic N) is 3. The van der Waals surface area contributed by atoms with Crippen LogP contribution in [0.25, 0.3) is 10.9 Å². The Hall–Kier alpha value is -3.39. The minimum Gasteiger partial charge on any atom is -0.361 e. The highest BCUT2D eigenvalue weighted by molar-refractivity contribution is 6.30. The van der Waals surface area contributed by atoms with Gasteiger partial charge in [-0.05, 0) is 29.3 Å². The maximum atomic E-state index is 13.2. The Morgan fingerprint density at radius 2 is 1.61 bits per heavy atom. The van der Waals surface area contributed by atoms with Gasteiger partial charge in [-0.1, -0.05) is 29.8 Å². The van der Waals surface area contributed by atoms with Crippen LogP contribution in [0.5, 0.6) is 0 Å². The molecule has 0 unspecified atom stereocenters. The highest BCUT2D eigenvalue weighted by Gasteiger charge is 2.42. The average molecular weight is 441 g/mol. The average Bonchev–Trinajstić information content (AvgIpc) is 3.17. The molecule has 0 saturated carbocycles. The lowest BCUT2D eigenvalue weighted by Crippen LogP contribution is -2.63. The van der Waals surface area contributed by atoms with Gasteiger partial charge in [0.1, 0.15) is 12.1 Å². The summed E-state index contributed by atoms with van der Waals surface area (Å²) in [7, 11) is 3.23. The van der Waals surface area contributed by atoms with Gasteiger partial charge in [-0.15, -0.1) is 0 Å². The van der Waals surface area contributed by atoms with Gasteiger partial charge in [-0.25, -0.2) is 0 Å². The third-order valence-electron chi connectivity index (χ3n) is 5.92. The molecule has 1 fully saturated rings. The number of non-ortho nitro benzene ring substituents is 1. The van der Waals surface area contributed by atoms with Crippen LogP contribution < -0.4 is 0 Å². The number of carbonyl (C=O) groups is 2. The second kappa shape index (κ2) is 8.03. The SMILES string of the molecule is CN1C(=O)[C@H](Cc2c[nH]c3cccc([N+](=O)[O-])c23)N(C)C(=O)[C@@H]1Cc1ccc(Cl)cc1. The van der Waals surface area contributed by atoms with Crippen molar-refractivity contribution in [2.75, 3.05) is 14.1 Å². The van der Waals surface area contributed by atoms with E-state index in [1.165, 1.54) is 15.9 Å². The van der Waals surface area contributed by atoms with Crippen LogP contribution in [0.1, 0.15) is 11.1 Å². The molecule has 0 radical (unpaired) electrons. The third kappa shape index (κ3) is 3.74. The fraction of sp³-hybridized carbons (Fsp3) is 0.273. The molecule has 2 atom stereocenters. The monoisotopic (exact) mass is 440 g/mol. The summed E-state index contributed by atoms with van der Waals surface area (Å²) in [5, 5.41) is 12.5. The Morgan fingerprint density at radius 3 is 2.23 bits per heavy atom. The van der Waals surface area contributed by atoms with Crippen LogP contribution in [0.2, 0.25) is 5.02 Å². The molecule has 1 saturated heterocycles. The highest BCUT2D eigenvalue weighted by atomic mass is 35.5. The predicted octanol–water partition coefficient (Wildman–Crippen LogP) is 3.18. The van der Waals surface area contributed by atoms with Crippen molar-refractivity contribution in [3.05, 3.63) is 74.9 Å². The summed E-state index contributed by atoms with van der Waals surface area (Å²) in [4.78, 5) is 43.3. The maximum Gasteiger partial charge on any atom is 0.279 e. The summed E-state index contributed by atoms with van der Waals surface area (Å²) in [6.07, 6.45) is 2.24. The van der Waals surface area contributed by atoms with Gasteiger partial charge in [-0.3, -0.25) is 19.7 Å². The number of carbonyl (C=O) groups excluding carboxylic acids is 2. The van der Waals surface area contributed by atoms with E-state index >= 15 is 0 Å². The minimum absolute atomic E-state index is 0.0278. The second-order valence-corrected chi connectivity index (χ2v) is 8.17. The van der Waals surface area contributed by atoms with E-state index in [9.17, 15) is 19.7 Å². The lowest BCUT2D eigenvalue weighted by Gasteiger charge is -2.42. The Kier molecular flexibility index (Phi) is 5.41. The number of H-pyrrole nitrogens is 1. The van der Waals surface area contributed by atoms with Crippen LogP contribution in [-0.2, 0) is 22.4 Å². The first kappa shape index (κ1) is 20.9. The van der Waals surface area contributed by atoms with E-state index in [4.69, 9.17) is 11.6 Å². The number of nitrogens with one attached hydrogen (secondary N) is 1. The molecule has 2 amide bonds. The number of hydrogen-bond donors (Lipinski definition) is 1. The largest absolute Gasteiger partial charge is 0.361 e. The molecule has 1 N–H and O–H groups in total. The number of rotatable bonds is 5. The number of halogens is 1. The van der Waals surface area contributed by atoms with E-state index < -0.39 is 17.0 Å². The van der Waals surface area contributed by atoms with E-state index in [0.717, 1.165) is 5.56 Å². The van der Waals surface area contributed by atoms with Crippen molar-refractivity contribution in [2.45, 2.75) is 24.9 Å². The summed E-state index contributed by atoms with van der Waals surface area (Å²) in [5.74, 6) is -0.370. The third-order valence-corrected chi connectivity index (χ3v) is 6.17. The van der Waals surface area contributed by atoms with Crippen molar-refractivity contribution in [3.8, 4) is 0 Å². The minimum atomic E-state index is -0.738. The van der Waals surface area contributed by atoms with Gasteiger partial charge < -0.3 is 14.8 Å². The molecule has 9 heteroatoms. The lowest BCUT2D eigenvalue weighted by atomic mass is 9.95. The van der Waals surface area contributed by atoms with Gasteiger partial charge >= 0.3 is 0 Å². The standard InChI is InChI=1S/C22H21ClN4O4/c1-25-18(10-13-6-8-15(23)9-7-13)21(28)26(2)19(22(25)29)11-14-12-24-16-4-3-5-17(20(14)16)27(30)31/h3-9,12,18-19,24H,10-11H2,1-2H3/t18-,19-/m0/s1. The molecule has 31 heavy (non-hydrogen) atoms. The summed E-state index contributed by atoms with van der Waals surface area (Å²) in [6, 6.07) is 10.6.